The topological polar surface area (TPSA) is 84.3 Å². The summed E-state index contributed by atoms with van der Waals surface area (Å²) in [6.45, 7) is 3.53. The fourth-order valence-corrected chi connectivity index (χ4v) is 5.32. The van der Waals surface area contributed by atoms with Crippen LogP contribution in [0, 0.1) is 0 Å². The zero-order valence-electron chi connectivity index (χ0n) is 14.1. The second kappa shape index (κ2) is 7.23. The van der Waals surface area contributed by atoms with Gasteiger partial charge in [-0.3, -0.25) is 9.48 Å². The molecule has 1 aliphatic carbocycles. The maximum Gasteiger partial charge on any atom is 0.257 e. The molecule has 1 saturated carbocycles. The maximum atomic E-state index is 12.6. The Balaban J connectivity index is 1.65. The number of nitrogens with zero attached hydrogens (tertiary/aromatic N) is 3. The fourth-order valence-electron chi connectivity index (χ4n) is 3.58. The molecule has 8 heteroatoms. The minimum Gasteiger partial charge on any atom is -0.337 e. The first-order chi connectivity index (χ1) is 11.5. The Hall–Kier alpha value is -1.41. The van der Waals surface area contributed by atoms with Crippen LogP contribution in [0.2, 0.25) is 0 Å². The van der Waals surface area contributed by atoms with E-state index in [1.165, 1.54) is 0 Å². The Morgan fingerprint density at radius 1 is 1.29 bits per heavy atom. The van der Waals surface area contributed by atoms with E-state index < -0.39 is 15.3 Å². The number of aryl methyl sites for hydroxylation is 1. The molecule has 3 rings (SSSR count). The van der Waals surface area contributed by atoms with Crippen LogP contribution in [-0.2, 0) is 16.6 Å². The number of aromatic nitrogens is 2. The van der Waals surface area contributed by atoms with E-state index in [0.717, 1.165) is 25.7 Å². The molecule has 2 aliphatic rings. The first-order valence-corrected chi connectivity index (χ1v) is 10.4. The van der Waals surface area contributed by atoms with Crippen molar-refractivity contribution in [1.82, 2.24) is 19.4 Å². The summed E-state index contributed by atoms with van der Waals surface area (Å²) in [4.78, 5) is 14.3. The minimum atomic E-state index is -3.38. The molecule has 0 unspecified atom stereocenters. The molecule has 2 fully saturated rings. The third kappa shape index (κ3) is 3.80. The van der Waals surface area contributed by atoms with Crippen molar-refractivity contribution in [1.29, 1.82) is 0 Å². The molecule has 1 saturated heterocycles. The third-order valence-electron chi connectivity index (χ3n) is 4.99. The molecule has 1 amide bonds. The molecular weight excluding hydrogens is 328 g/mol. The number of carbonyl (C=O) groups excluding carboxylic acids is 1. The van der Waals surface area contributed by atoms with Gasteiger partial charge in [-0.1, -0.05) is 12.8 Å². The van der Waals surface area contributed by atoms with E-state index in [4.69, 9.17) is 0 Å². The lowest BCUT2D eigenvalue weighted by Gasteiger charge is -2.32. The summed E-state index contributed by atoms with van der Waals surface area (Å²) in [6.07, 6.45) is 8.62. The minimum absolute atomic E-state index is 0.0730. The first-order valence-electron chi connectivity index (χ1n) is 8.82. The van der Waals surface area contributed by atoms with Crippen LogP contribution >= 0.6 is 0 Å². The zero-order chi connectivity index (χ0) is 17.2. The van der Waals surface area contributed by atoms with Crippen molar-refractivity contribution in [2.45, 2.75) is 63.3 Å². The second-order valence-corrected chi connectivity index (χ2v) is 8.74. The molecule has 1 aromatic rings. The van der Waals surface area contributed by atoms with Gasteiger partial charge in [-0.15, -0.1) is 0 Å². The van der Waals surface area contributed by atoms with E-state index >= 15 is 0 Å². The monoisotopic (exact) mass is 354 g/mol. The van der Waals surface area contributed by atoms with Gasteiger partial charge in [0, 0.05) is 31.9 Å². The van der Waals surface area contributed by atoms with E-state index in [1.807, 2.05) is 6.92 Å². The van der Waals surface area contributed by atoms with E-state index in [-0.39, 0.29) is 18.5 Å². The average molecular weight is 354 g/mol. The van der Waals surface area contributed by atoms with Crippen molar-refractivity contribution in [3.8, 4) is 0 Å². The SMILES string of the molecule is CCn1cc(C(=O)N2CCC[C@H](S(=O)(=O)NC3CCCC3)C2)cn1. The number of piperidine rings is 1. The standard InChI is InChI=1S/C16H26N4O3S/c1-2-20-11-13(10-17-20)16(21)19-9-5-8-15(12-19)24(22,23)18-14-6-3-4-7-14/h10-11,14-15,18H,2-9,12H2,1H3/t15-/m0/s1. The molecule has 1 aliphatic heterocycles. The molecule has 24 heavy (non-hydrogen) atoms. The Kier molecular flexibility index (Phi) is 5.24. The molecule has 7 nitrogen and oxygen atoms in total. The number of hydrogen-bond donors (Lipinski definition) is 1. The summed E-state index contributed by atoms with van der Waals surface area (Å²) in [5.74, 6) is -0.129. The van der Waals surface area contributed by atoms with Gasteiger partial charge < -0.3 is 4.90 Å². The number of hydrogen-bond acceptors (Lipinski definition) is 4. The molecular formula is C16H26N4O3S. The fraction of sp³-hybridized carbons (Fsp3) is 0.750. The number of nitrogens with one attached hydrogen (secondary N) is 1. The predicted molar refractivity (Wildman–Crippen MR) is 91.1 cm³/mol. The number of sulfonamides is 1. The van der Waals surface area contributed by atoms with Crippen LogP contribution in [0.5, 0.6) is 0 Å². The van der Waals surface area contributed by atoms with Gasteiger partial charge in [0.15, 0.2) is 0 Å². The number of carbonyl (C=O) groups is 1. The van der Waals surface area contributed by atoms with Crippen LogP contribution in [-0.4, -0.2) is 53.4 Å². The van der Waals surface area contributed by atoms with Gasteiger partial charge in [0.05, 0.1) is 17.0 Å². The van der Waals surface area contributed by atoms with E-state index in [2.05, 4.69) is 9.82 Å². The molecule has 2 heterocycles. The van der Waals surface area contributed by atoms with Crippen LogP contribution in [0.15, 0.2) is 12.4 Å². The zero-order valence-corrected chi connectivity index (χ0v) is 15.0. The average Bonchev–Trinajstić information content (AvgIpc) is 3.25. The van der Waals surface area contributed by atoms with Gasteiger partial charge in [-0.2, -0.15) is 5.10 Å². The molecule has 0 bridgehead atoms. The van der Waals surface area contributed by atoms with Crippen molar-refractivity contribution in [2.24, 2.45) is 0 Å². The molecule has 0 aromatic carbocycles. The highest BCUT2D eigenvalue weighted by molar-refractivity contribution is 7.90. The normalized spacial score (nSPS) is 22.9. The quantitative estimate of drug-likeness (QED) is 0.865. The Morgan fingerprint density at radius 3 is 2.71 bits per heavy atom. The first kappa shape index (κ1) is 17.4. The summed E-state index contributed by atoms with van der Waals surface area (Å²) >= 11 is 0. The van der Waals surface area contributed by atoms with E-state index in [9.17, 15) is 13.2 Å². The Bertz CT molecular complexity index is 679. The lowest BCUT2D eigenvalue weighted by atomic mass is 10.1. The summed E-state index contributed by atoms with van der Waals surface area (Å²) in [5, 5.41) is 3.61. The van der Waals surface area contributed by atoms with Gasteiger partial charge in [0.25, 0.3) is 5.91 Å². The molecule has 0 spiro atoms. The highest BCUT2D eigenvalue weighted by Crippen LogP contribution is 2.23. The van der Waals surface area contributed by atoms with Crippen LogP contribution in [0.3, 0.4) is 0 Å². The van der Waals surface area contributed by atoms with Crippen LogP contribution in [0.25, 0.3) is 0 Å². The largest absolute Gasteiger partial charge is 0.337 e. The van der Waals surface area contributed by atoms with Crippen molar-refractivity contribution < 1.29 is 13.2 Å². The van der Waals surface area contributed by atoms with Crippen LogP contribution in [0.4, 0.5) is 0 Å². The van der Waals surface area contributed by atoms with Crippen molar-refractivity contribution in [3.05, 3.63) is 18.0 Å². The number of rotatable bonds is 5. The van der Waals surface area contributed by atoms with Crippen molar-refractivity contribution in [3.63, 3.8) is 0 Å². The summed E-state index contributed by atoms with van der Waals surface area (Å²) in [6, 6.07) is 0.0730. The number of amides is 1. The molecule has 1 atom stereocenters. The summed E-state index contributed by atoms with van der Waals surface area (Å²) in [7, 11) is -3.38. The third-order valence-corrected chi connectivity index (χ3v) is 6.92. The lowest BCUT2D eigenvalue weighted by molar-refractivity contribution is 0.0726. The molecule has 134 valence electrons. The maximum absolute atomic E-state index is 12.6. The molecule has 0 radical (unpaired) electrons. The summed E-state index contributed by atoms with van der Waals surface area (Å²) in [5.41, 5.74) is 0.527. The lowest BCUT2D eigenvalue weighted by Crippen LogP contribution is -2.49. The van der Waals surface area contributed by atoms with Gasteiger partial charge in [0.2, 0.25) is 10.0 Å². The molecule has 1 aromatic heterocycles. The predicted octanol–water partition coefficient (Wildman–Crippen LogP) is 1.37. The van der Waals surface area contributed by atoms with E-state index in [0.29, 0.717) is 31.5 Å². The van der Waals surface area contributed by atoms with Gasteiger partial charge >= 0.3 is 0 Å². The smallest absolute Gasteiger partial charge is 0.257 e. The number of likely N-dealkylation sites (tertiary alicyclic amines) is 1. The van der Waals surface area contributed by atoms with Crippen LogP contribution < -0.4 is 4.72 Å². The summed E-state index contributed by atoms with van der Waals surface area (Å²) < 4.78 is 29.8. The van der Waals surface area contributed by atoms with Crippen molar-refractivity contribution >= 4 is 15.9 Å². The van der Waals surface area contributed by atoms with Gasteiger partial charge in [0.1, 0.15) is 0 Å². The Labute approximate surface area is 143 Å². The highest BCUT2D eigenvalue weighted by Gasteiger charge is 2.35. The van der Waals surface area contributed by atoms with Crippen molar-refractivity contribution in [2.75, 3.05) is 13.1 Å². The van der Waals surface area contributed by atoms with Gasteiger partial charge in [-0.05, 0) is 32.6 Å². The Morgan fingerprint density at radius 2 is 2.04 bits per heavy atom. The highest BCUT2D eigenvalue weighted by atomic mass is 32.2. The second-order valence-electron chi connectivity index (χ2n) is 6.74. The van der Waals surface area contributed by atoms with E-state index in [1.54, 1.807) is 22.0 Å². The molecule has 1 N–H and O–H groups in total. The van der Waals surface area contributed by atoms with Gasteiger partial charge in [-0.25, -0.2) is 13.1 Å². The van der Waals surface area contributed by atoms with Crippen LogP contribution in [0.1, 0.15) is 55.8 Å².